The highest BCUT2D eigenvalue weighted by Crippen LogP contribution is 2.36. The molecule has 0 saturated heterocycles. The molecule has 4 heteroatoms. The molecule has 0 amide bonds. The van der Waals surface area contributed by atoms with Crippen LogP contribution in [0.3, 0.4) is 0 Å². The fraction of sp³-hybridized carbons (Fsp3) is 0.133. The van der Waals surface area contributed by atoms with Crippen molar-refractivity contribution in [3.05, 3.63) is 48.5 Å². The van der Waals surface area contributed by atoms with E-state index in [1.807, 2.05) is 54.8 Å². The van der Waals surface area contributed by atoms with Crippen molar-refractivity contribution < 1.29 is 4.74 Å². The van der Waals surface area contributed by atoms with Crippen LogP contribution in [0.15, 0.2) is 53.5 Å². The molecular formula is C15H16N2OS. The summed E-state index contributed by atoms with van der Waals surface area (Å²) in [5, 5.41) is 0.544. The largest absolute Gasteiger partial charge is 0.496 e. The maximum Gasteiger partial charge on any atom is 0.158 e. The maximum absolute atomic E-state index is 5.80. The lowest BCUT2D eigenvalue weighted by atomic mass is 10.0. The smallest absolute Gasteiger partial charge is 0.158 e. The zero-order valence-corrected chi connectivity index (χ0v) is 11.8. The van der Waals surface area contributed by atoms with Crippen LogP contribution in [0.1, 0.15) is 0 Å². The van der Waals surface area contributed by atoms with E-state index in [-0.39, 0.29) is 0 Å². The summed E-state index contributed by atoms with van der Waals surface area (Å²) in [4.78, 5) is 4.43. The molecule has 3 nitrogen and oxygen atoms in total. The Bertz CT molecular complexity index is 596. The third-order valence-electron chi connectivity index (χ3n) is 2.74. The summed E-state index contributed by atoms with van der Waals surface area (Å²) in [6.07, 6.45) is 1.91. The van der Waals surface area contributed by atoms with E-state index >= 15 is 0 Å². The van der Waals surface area contributed by atoms with Gasteiger partial charge in [-0.15, -0.1) is 0 Å². The van der Waals surface area contributed by atoms with E-state index in [0.29, 0.717) is 5.17 Å². The van der Waals surface area contributed by atoms with Gasteiger partial charge in [-0.3, -0.25) is 0 Å². The molecule has 0 radical (unpaired) electrons. The number of nitrogens with zero attached hydrogens (tertiary/aromatic N) is 1. The summed E-state index contributed by atoms with van der Waals surface area (Å²) in [7, 11) is 1.67. The molecule has 2 aromatic rings. The van der Waals surface area contributed by atoms with Crippen LogP contribution in [-0.4, -0.2) is 18.5 Å². The van der Waals surface area contributed by atoms with Crippen molar-refractivity contribution >= 4 is 22.6 Å². The lowest BCUT2D eigenvalue weighted by molar-refractivity contribution is 0.416. The highest BCUT2D eigenvalue weighted by Gasteiger charge is 2.09. The maximum atomic E-state index is 5.80. The summed E-state index contributed by atoms with van der Waals surface area (Å²) in [5.41, 5.74) is 8.67. The van der Waals surface area contributed by atoms with Crippen molar-refractivity contribution in [2.45, 2.75) is 0 Å². The van der Waals surface area contributed by atoms with Crippen LogP contribution in [0.5, 0.6) is 5.75 Å². The fourth-order valence-corrected chi connectivity index (χ4v) is 2.02. The summed E-state index contributed by atoms with van der Waals surface area (Å²) in [5.74, 6) is 0.827. The number of hydrogen-bond donors (Lipinski definition) is 1. The van der Waals surface area contributed by atoms with Crippen LogP contribution in [0.2, 0.25) is 0 Å². The van der Waals surface area contributed by atoms with Gasteiger partial charge in [0.2, 0.25) is 0 Å². The average molecular weight is 272 g/mol. The van der Waals surface area contributed by atoms with Gasteiger partial charge in [-0.25, -0.2) is 4.99 Å². The molecule has 0 fully saturated rings. The number of thioether (sulfide) groups is 1. The second-order valence-corrected chi connectivity index (χ2v) is 4.70. The molecule has 0 aromatic heterocycles. The van der Waals surface area contributed by atoms with Gasteiger partial charge in [0.15, 0.2) is 5.17 Å². The Hall–Kier alpha value is -1.94. The normalized spacial score (nSPS) is 11.4. The number of hydrogen-bond acceptors (Lipinski definition) is 3. The summed E-state index contributed by atoms with van der Waals surface area (Å²) in [6.45, 7) is 0. The molecule has 2 aromatic carbocycles. The first-order valence-electron chi connectivity index (χ1n) is 5.87. The van der Waals surface area contributed by atoms with E-state index in [1.165, 1.54) is 11.8 Å². The van der Waals surface area contributed by atoms with Crippen LogP contribution in [-0.2, 0) is 0 Å². The molecule has 0 bridgehead atoms. The van der Waals surface area contributed by atoms with Gasteiger partial charge < -0.3 is 10.5 Å². The van der Waals surface area contributed by atoms with Crippen LogP contribution < -0.4 is 10.5 Å². The van der Waals surface area contributed by atoms with E-state index in [0.717, 1.165) is 22.6 Å². The van der Waals surface area contributed by atoms with Gasteiger partial charge in [-0.1, -0.05) is 48.2 Å². The van der Waals surface area contributed by atoms with Crippen molar-refractivity contribution in [1.29, 1.82) is 0 Å². The number of benzene rings is 2. The predicted molar refractivity (Wildman–Crippen MR) is 83.2 cm³/mol. The van der Waals surface area contributed by atoms with Crippen LogP contribution >= 0.6 is 11.8 Å². The standard InChI is InChI=1S/C15H16N2OS/c1-18-14-10-6-4-8-12(14)11-7-3-5-9-13(11)17-15(16)19-2/h3-10H,1-2H3,(H2,16,17). The van der Waals surface area contributed by atoms with Gasteiger partial charge in [0.1, 0.15) is 5.75 Å². The minimum absolute atomic E-state index is 0.544. The van der Waals surface area contributed by atoms with Crippen molar-refractivity contribution in [1.82, 2.24) is 0 Å². The highest BCUT2D eigenvalue weighted by molar-refractivity contribution is 8.13. The Morgan fingerprint density at radius 3 is 2.37 bits per heavy atom. The Morgan fingerprint density at radius 2 is 1.68 bits per heavy atom. The SMILES string of the molecule is COc1ccccc1-c1ccccc1N=C(N)SC. The number of para-hydroxylation sites is 2. The monoisotopic (exact) mass is 272 g/mol. The Kier molecular flexibility index (Phi) is 4.47. The van der Waals surface area contributed by atoms with Crippen LogP contribution in [0.4, 0.5) is 5.69 Å². The average Bonchev–Trinajstić information content (AvgIpc) is 2.47. The highest BCUT2D eigenvalue weighted by atomic mass is 32.2. The van der Waals surface area contributed by atoms with Gasteiger partial charge >= 0.3 is 0 Å². The Balaban J connectivity index is 2.56. The minimum atomic E-state index is 0.544. The number of methoxy groups -OCH3 is 1. The van der Waals surface area contributed by atoms with Crippen molar-refractivity contribution in [3.63, 3.8) is 0 Å². The van der Waals surface area contributed by atoms with E-state index in [2.05, 4.69) is 4.99 Å². The number of amidine groups is 1. The lowest BCUT2D eigenvalue weighted by Gasteiger charge is -2.10. The number of ether oxygens (including phenoxy) is 1. The molecule has 19 heavy (non-hydrogen) atoms. The van der Waals surface area contributed by atoms with E-state index in [4.69, 9.17) is 10.5 Å². The number of rotatable bonds is 3. The summed E-state index contributed by atoms with van der Waals surface area (Å²) in [6, 6.07) is 15.8. The summed E-state index contributed by atoms with van der Waals surface area (Å²) < 4.78 is 5.40. The van der Waals surface area contributed by atoms with Crippen LogP contribution in [0, 0.1) is 0 Å². The second kappa shape index (κ2) is 6.29. The molecule has 0 aliphatic rings. The molecule has 0 saturated carbocycles. The van der Waals surface area contributed by atoms with Gasteiger partial charge in [0, 0.05) is 11.1 Å². The van der Waals surface area contributed by atoms with E-state index < -0.39 is 0 Å². The molecule has 0 spiro atoms. The summed E-state index contributed by atoms with van der Waals surface area (Å²) >= 11 is 1.43. The van der Waals surface area contributed by atoms with E-state index in [1.54, 1.807) is 7.11 Å². The molecular weight excluding hydrogens is 256 g/mol. The molecule has 2 N–H and O–H groups in total. The zero-order chi connectivity index (χ0) is 13.7. The lowest BCUT2D eigenvalue weighted by Crippen LogP contribution is -2.04. The van der Waals surface area contributed by atoms with E-state index in [9.17, 15) is 0 Å². The Labute approximate surface area is 117 Å². The molecule has 0 atom stereocenters. The number of nitrogens with two attached hydrogens (primary N) is 1. The predicted octanol–water partition coefficient (Wildman–Crippen LogP) is 3.67. The molecule has 0 aliphatic carbocycles. The minimum Gasteiger partial charge on any atom is -0.496 e. The fourth-order valence-electron chi connectivity index (χ4n) is 1.83. The first-order valence-corrected chi connectivity index (χ1v) is 7.09. The molecule has 0 heterocycles. The van der Waals surface area contributed by atoms with Crippen LogP contribution in [0.25, 0.3) is 11.1 Å². The topological polar surface area (TPSA) is 47.6 Å². The molecule has 98 valence electrons. The van der Waals surface area contributed by atoms with Gasteiger partial charge in [-0.05, 0) is 18.4 Å². The quantitative estimate of drug-likeness (QED) is 0.685. The third-order valence-corrected chi connectivity index (χ3v) is 3.25. The first-order chi connectivity index (χ1) is 9.26. The second-order valence-electron chi connectivity index (χ2n) is 3.87. The third kappa shape index (κ3) is 3.09. The molecule has 0 aliphatic heterocycles. The Morgan fingerprint density at radius 1 is 1.05 bits per heavy atom. The van der Waals surface area contributed by atoms with Gasteiger partial charge in [-0.2, -0.15) is 0 Å². The number of aliphatic imine (C=N–C) groups is 1. The van der Waals surface area contributed by atoms with Gasteiger partial charge in [0.05, 0.1) is 12.8 Å². The van der Waals surface area contributed by atoms with Crippen molar-refractivity contribution in [3.8, 4) is 16.9 Å². The zero-order valence-electron chi connectivity index (χ0n) is 11.0. The van der Waals surface area contributed by atoms with Crippen molar-refractivity contribution in [2.75, 3.05) is 13.4 Å². The van der Waals surface area contributed by atoms with Gasteiger partial charge in [0.25, 0.3) is 0 Å². The molecule has 2 rings (SSSR count). The molecule has 0 unspecified atom stereocenters. The first kappa shape index (κ1) is 13.5. The van der Waals surface area contributed by atoms with Crippen molar-refractivity contribution in [2.24, 2.45) is 10.7 Å².